The number of carbonyl (C=O) groups excluding carboxylic acids is 1. The van der Waals surface area contributed by atoms with Crippen LogP contribution in [0, 0.1) is 0 Å². The molecular weight excluding hydrogens is 201 g/mol. The highest BCUT2D eigenvalue weighted by molar-refractivity contribution is 9.11. The van der Waals surface area contributed by atoms with Gasteiger partial charge in [-0.1, -0.05) is 0 Å². The van der Waals surface area contributed by atoms with Crippen LogP contribution in [0.5, 0.6) is 0 Å². The normalized spacial score (nSPS) is 13.6. The summed E-state index contributed by atoms with van der Waals surface area (Å²) in [5.41, 5.74) is 0. The molecule has 0 aromatic rings. The molecule has 5 heteroatoms. The Morgan fingerprint density at radius 3 is 2.00 bits per heavy atom. The van der Waals surface area contributed by atoms with Crippen molar-refractivity contribution in [3.63, 3.8) is 0 Å². The van der Waals surface area contributed by atoms with Gasteiger partial charge in [0.2, 0.25) is 0 Å². The van der Waals surface area contributed by atoms with Crippen molar-refractivity contribution < 1.29 is 18.0 Å². The van der Waals surface area contributed by atoms with Crippen LogP contribution in [0.4, 0.5) is 13.2 Å². The minimum absolute atomic E-state index is 0.0670. The van der Waals surface area contributed by atoms with Crippen molar-refractivity contribution in [3.8, 4) is 0 Å². The molecule has 0 rings (SSSR count). The van der Waals surface area contributed by atoms with Crippen LogP contribution in [-0.4, -0.2) is 12.5 Å². The number of carbonyl (C=O) groups is 1. The van der Waals surface area contributed by atoms with E-state index >= 15 is 0 Å². The lowest BCUT2D eigenvalue weighted by Gasteiger charge is -2.00. The van der Waals surface area contributed by atoms with Gasteiger partial charge < -0.3 is 0 Å². The molecule has 0 atom stereocenters. The van der Waals surface area contributed by atoms with Gasteiger partial charge in [0.05, 0.1) is 0 Å². The van der Waals surface area contributed by atoms with Gasteiger partial charge in [-0.2, -0.15) is 13.2 Å². The lowest BCUT2D eigenvalue weighted by Crippen LogP contribution is -2.06. The highest BCUT2D eigenvalue weighted by Crippen LogP contribution is 2.29. The fourth-order valence-electron chi connectivity index (χ4n) is 0.154. The topological polar surface area (TPSA) is 17.1 Å². The minimum atomic E-state index is -4.44. The van der Waals surface area contributed by atoms with Crippen LogP contribution in [0.2, 0.25) is 0 Å². The third-order valence-electron chi connectivity index (χ3n) is 0.485. The number of rotatable bonds is 1. The van der Waals surface area contributed by atoms with Crippen LogP contribution in [0.1, 0.15) is 0 Å². The van der Waals surface area contributed by atoms with Crippen molar-refractivity contribution >= 4 is 22.2 Å². The molecule has 0 amide bonds. The van der Waals surface area contributed by atoms with E-state index in [1.54, 1.807) is 0 Å². The van der Waals surface area contributed by atoms with Crippen molar-refractivity contribution in [3.05, 3.63) is 10.6 Å². The summed E-state index contributed by atoms with van der Waals surface area (Å²) in [6.07, 6.45) is -3.97. The van der Waals surface area contributed by atoms with Gasteiger partial charge in [0.25, 0.3) is 0 Å². The molecule has 0 unspecified atom stereocenters. The summed E-state index contributed by atoms with van der Waals surface area (Å²) in [5, 5.41) is 0. The molecule has 0 fully saturated rings. The van der Waals surface area contributed by atoms with Crippen LogP contribution >= 0.6 is 15.9 Å². The zero-order valence-corrected chi connectivity index (χ0v) is 5.66. The van der Waals surface area contributed by atoms with Crippen LogP contribution < -0.4 is 0 Å². The zero-order chi connectivity index (χ0) is 7.49. The highest BCUT2D eigenvalue weighted by Gasteiger charge is 2.31. The number of alkyl halides is 3. The Labute approximate surface area is 57.7 Å². The Bertz CT molecular complexity index is 137. The molecule has 0 aromatic carbocycles. The molecule has 0 aliphatic rings. The predicted octanol–water partition coefficient (Wildman–Crippen LogP) is 2.03. The molecule has 9 heavy (non-hydrogen) atoms. The van der Waals surface area contributed by atoms with Gasteiger partial charge in [-0.25, -0.2) is 0 Å². The first kappa shape index (κ1) is 8.68. The Morgan fingerprint density at radius 1 is 1.44 bits per heavy atom. The van der Waals surface area contributed by atoms with Gasteiger partial charge >= 0.3 is 6.18 Å². The van der Waals surface area contributed by atoms with Gasteiger partial charge in [0, 0.05) is 0 Å². The maximum atomic E-state index is 11.4. The second-order valence-electron chi connectivity index (χ2n) is 1.15. The molecule has 0 saturated carbocycles. The van der Waals surface area contributed by atoms with Gasteiger partial charge in [0.1, 0.15) is 10.8 Å². The molecule has 52 valence electrons. The summed E-state index contributed by atoms with van der Waals surface area (Å²) in [5.74, 6) is 0. The Hall–Kier alpha value is -0.320. The van der Waals surface area contributed by atoms with Gasteiger partial charge in [-0.3, -0.25) is 4.79 Å². The van der Waals surface area contributed by atoms with Crippen LogP contribution in [0.3, 0.4) is 0 Å². The molecule has 1 nitrogen and oxygen atoms in total. The first-order valence-electron chi connectivity index (χ1n) is 1.86. The third kappa shape index (κ3) is 3.29. The number of aldehydes is 1. The van der Waals surface area contributed by atoms with E-state index in [1.807, 2.05) is 0 Å². The van der Waals surface area contributed by atoms with Crippen LogP contribution in [0.25, 0.3) is 0 Å². The lowest BCUT2D eigenvalue weighted by atomic mass is 10.5. The molecular formula is C4H2BrF3O. The molecule has 0 aromatic heterocycles. The van der Waals surface area contributed by atoms with Crippen molar-refractivity contribution in [1.29, 1.82) is 0 Å². The summed E-state index contributed by atoms with van der Waals surface area (Å²) in [6, 6.07) is 0. The Morgan fingerprint density at radius 2 is 1.89 bits per heavy atom. The largest absolute Gasteiger partial charge is 0.422 e. The van der Waals surface area contributed by atoms with E-state index in [-0.39, 0.29) is 6.29 Å². The first-order chi connectivity index (χ1) is 3.98. The fraction of sp³-hybridized carbons (Fsp3) is 0.250. The van der Waals surface area contributed by atoms with Crippen molar-refractivity contribution in [2.24, 2.45) is 0 Å². The number of hydrogen-bond donors (Lipinski definition) is 0. The number of hydrogen-bond acceptors (Lipinski definition) is 1. The second kappa shape index (κ2) is 3.00. The minimum Gasteiger partial charge on any atom is -0.299 e. The van der Waals surface area contributed by atoms with E-state index in [2.05, 4.69) is 15.9 Å². The second-order valence-corrected chi connectivity index (χ2v) is 2.00. The molecule has 0 saturated heterocycles. The Kier molecular flexibility index (Phi) is 2.90. The summed E-state index contributed by atoms with van der Waals surface area (Å²) >= 11 is 2.16. The monoisotopic (exact) mass is 202 g/mol. The smallest absolute Gasteiger partial charge is 0.299 e. The van der Waals surface area contributed by atoms with Crippen molar-refractivity contribution in [2.45, 2.75) is 6.18 Å². The van der Waals surface area contributed by atoms with Gasteiger partial charge in [-0.05, 0) is 22.0 Å². The average Bonchev–Trinajstić information content (AvgIpc) is 1.64. The lowest BCUT2D eigenvalue weighted by molar-refractivity contribution is -0.105. The van der Waals surface area contributed by atoms with E-state index in [9.17, 15) is 18.0 Å². The average molecular weight is 203 g/mol. The van der Waals surface area contributed by atoms with Gasteiger partial charge in [0.15, 0.2) is 0 Å². The molecule has 0 spiro atoms. The summed E-state index contributed by atoms with van der Waals surface area (Å²) in [6.45, 7) is 0. The number of allylic oxidation sites excluding steroid dienone is 2. The molecule has 0 radical (unpaired) electrons. The molecule has 0 bridgehead atoms. The fourth-order valence-corrected chi connectivity index (χ4v) is 0.262. The van der Waals surface area contributed by atoms with Crippen LogP contribution in [0.15, 0.2) is 10.6 Å². The van der Waals surface area contributed by atoms with Crippen molar-refractivity contribution in [1.82, 2.24) is 0 Å². The molecule has 0 heterocycles. The van der Waals surface area contributed by atoms with E-state index < -0.39 is 10.7 Å². The van der Waals surface area contributed by atoms with E-state index in [0.717, 1.165) is 0 Å². The zero-order valence-electron chi connectivity index (χ0n) is 4.07. The summed E-state index contributed by atoms with van der Waals surface area (Å²) in [7, 11) is 0. The highest BCUT2D eigenvalue weighted by atomic mass is 79.9. The SMILES string of the molecule is O=C/C=C(\Br)C(F)(F)F. The van der Waals surface area contributed by atoms with E-state index in [4.69, 9.17) is 0 Å². The van der Waals surface area contributed by atoms with Crippen LogP contribution in [-0.2, 0) is 4.79 Å². The standard InChI is InChI=1S/C4H2BrF3O/c5-3(1-2-9)4(6,7)8/h1-2H/b3-1-. The quantitative estimate of drug-likeness (QED) is 0.470. The maximum absolute atomic E-state index is 11.4. The van der Waals surface area contributed by atoms with E-state index in [0.29, 0.717) is 6.08 Å². The molecule has 0 N–H and O–H groups in total. The molecule has 0 aliphatic heterocycles. The predicted molar refractivity (Wildman–Crippen MR) is 29.1 cm³/mol. The van der Waals surface area contributed by atoms with Gasteiger partial charge in [-0.15, -0.1) is 0 Å². The summed E-state index contributed by atoms with van der Waals surface area (Å²) in [4.78, 5) is 9.46. The summed E-state index contributed by atoms with van der Waals surface area (Å²) < 4.78 is 33.0. The number of halogens is 4. The third-order valence-corrected chi connectivity index (χ3v) is 1.20. The Balaban J connectivity index is 4.19. The van der Waals surface area contributed by atoms with E-state index in [1.165, 1.54) is 0 Å². The molecule has 0 aliphatic carbocycles. The van der Waals surface area contributed by atoms with Crippen molar-refractivity contribution in [2.75, 3.05) is 0 Å². The maximum Gasteiger partial charge on any atom is 0.422 e. The first-order valence-corrected chi connectivity index (χ1v) is 2.66.